The molecular formula is C13H21NO4. The molecule has 1 heterocycles. The van der Waals surface area contributed by atoms with Crippen LogP contribution in [0, 0.1) is 11.8 Å². The van der Waals surface area contributed by atoms with Crippen LogP contribution < -0.4 is 5.32 Å². The summed E-state index contributed by atoms with van der Waals surface area (Å²) in [6, 6.07) is -0.521. The third-order valence-corrected chi connectivity index (χ3v) is 3.76. The SMILES string of the molecule is CCOC(=O)[C@H](NC=O)[C@@H]1CCO[C@H](C2CC2)C1. The van der Waals surface area contributed by atoms with Gasteiger partial charge >= 0.3 is 5.97 Å². The second-order valence-corrected chi connectivity index (χ2v) is 5.05. The lowest BCUT2D eigenvalue weighted by molar-refractivity contribution is -0.150. The van der Waals surface area contributed by atoms with E-state index >= 15 is 0 Å². The van der Waals surface area contributed by atoms with E-state index in [0.717, 1.165) is 12.8 Å². The number of ether oxygens (including phenoxy) is 2. The molecule has 0 radical (unpaired) electrons. The molecule has 1 aliphatic carbocycles. The number of esters is 1. The van der Waals surface area contributed by atoms with Gasteiger partial charge in [0.1, 0.15) is 6.04 Å². The van der Waals surface area contributed by atoms with Crippen LogP contribution in [0.1, 0.15) is 32.6 Å². The van der Waals surface area contributed by atoms with E-state index in [4.69, 9.17) is 9.47 Å². The van der Waals surface area contributed by atoms with Crippen LogP contribution in [0.5, 0.6) is 0 Å². The molecule has 0 spiro atoms. The van der Waals surface area contributed by atoms with Gasteiger partial charge in [-0.2, -0.15) is 0 Å². The Morgan fingerprint density at radius 2 is 2.28 bits per heavy atom. The summed E-state index contributed by atoms with van der Waals surface area (Å²) in [6.07, 6.45) is 4.94. The lowest BCUT2D eigenvalue weighted by atomic mass is 9.87. The fourth-order valence-electron chi connectivity index (χ4n) is 2.66. The first-order valence-electron chi connectivity index (χ1n) is 6.74. The monoisotopic (exact) mass is 255 g/mol. The number of hydrogen-bond donors (Lipinski definition) is 1. The fourth-order valence-corrected chi connectivity index (χ4v) is 2.66. The minimum absolute atomic E-state index is 0.133. The number of nitrogens with one attached hydrogen (secondary N) is 1. The molecule has 2 aliphatic rings. The van der Waals surface area contributed by atoms with Gasteiger partial charge in [0.25, 0.3) is 0 Å². The molecule has 0 bridgehead atoms. The van der Waals surface area contributed by atoms with Gasteiger partial charge in [0.05, 0.1) is 12.7 Å². The molecule has 5 heteroatoms. The smallest absolute Gasteiger partial charge is 0.328 e. The van der Waals surface area contributed by atoms with Crippen LogP contribution in [0.25, 0.3) is 0 Å². The highest BCUT2D eigenvalue weighted by Crippen LogP contribution is 2.40. The zero-order chi connectivity index (χ0) is 13.0. The molecule has 0 aromatic heterocycles. The topological polar surface area (TPSA) is 64.6 Å². The Labute approximate surface area is 107 Å². The van der Waals surface area contributed by atoms with E-state index < -0.39 is 6.04 Å². The first-order valence-corrected chi connectivity index (χ1v) is 6.74. The Morgan fingerprint density at radius 3 is 2.89 bits per heavy atom. The van der Waals surface area contributed by atoms with Gasteiger partial charge in [0, 0.05) is 6.61 Å². The van der Waals surface area contributed by atoms with E-state index in [1.165, 1.54) is 12.8 Å². The van der Waals surface area contributed by atoms with Crippen LogP contribution >= 0.6 is 0 Å². The van der Waals surface area contributed by atoms with Crippen LogP contribution in [0.2, 0.25) is 0 Å². The average Bonchev–Trinajstić information content (AvgIpc) is 3.20. The predicted octanol–water partition coefficient (Wildman–Crippen LogP) is 0.869. The molecule has 3 atom stereocenters. The van der Waals surface area contributed by atoms with E-state index in [1.807, 2.05) is 0 Å². The van der Waals surface area contributed by atoms with Gasteiger partial charge in [0.15, 0.2) is 0 Å². The number of rotatable bonds is 6. The van der Waals surface area contributed by atoms with Gasteiger partial charge in [-0.3, -0.25) is 4.79 Å². The average molecular weight is 255 g/mol. The normalized spacial score (nSPS) is 29.4. The summed E-state index contributed by atoms with van der Waals surface area (Å²) in [5, 5.41) is 2.61. The quantitative estimate of drug-likeness (QED) is 0.565. The minimum Gasteiger partial charge on any atom is -0.464 e. The molecule has 0 aromatic rings. The highest BCUT2D eigenvalue weighted by molar-refractivity contribution is 5.78. The van der Waals surface area contributed by atoms with Gasteiger partial charge in [-0.1, -0.05) is 0 Å². The van der Waals surface area contributed by atoms with Crippen molar-refractivity contribution in [1.29, 1.82) is 0 Å². The number of hydrogen-bond acceptors (Lipinski definition) is 4. The number of carbonyl (C=O) groups excluding carboxylic acids is 2. The number of amides is 1. The molecule has 1 saturated carbocycles. The van der Waals surface area contributed by atoms with Gasteiger partial charge in [-0.15, -0.1) is 0 Å². The van der Waals surface area contributed by atoms with Crippen molar-refractivity contribution in [2.75, 3.05) is 13.2 Å². The van der Waals surface area contributed by atoms with Crippen LogP contribution in [-0.2, 0) is 19.1 Å². The van der Waals surface area contributed by atoms with Crippen LogP contribution in [0.15, 0.2) is 0 Å². The second-order valence-electron chi connectivity index (χ2n) is 5.05. The summed E-state index contributed by atoms with van der Waals surface area (Å²) in [7, 11) is 0. The van der Waals surface area contributed by atoms with Gasteiger partial charge < -0.3 is 14.8 Å². The molecule has 5 nitrogen and oxygen atoms in total. The zero-order valence-electron chi connectivity index (χ0n) is 10.8. The van der Waals surface area contributed by atoms with Crippen LogP contribution in [-0.4, -0.2) is 37.7 Å². The van der Waals surface area contributed by atoms with Crippen molar-refractivity contribution in [2.24, 2.45) is 11.8 Å². The zero-order valence-corrected chi connectivity index (χ0v) is 10.8. The summed E-state index contributed by atoms with van der Waals surface area (Å²) >= 11 is 0. The van der Waals surface area contributed by atoms with Crippen molar-refractivity contribution < 1.29 is 19.1 Å². The Hall–Kier alpha value is -1.10. The molecule has 102 valence electrons. The highest BCUT2D eigenvalue weighted by Gasteiger charge is 2.40. The second kappa shape index (κ2) is 6.18. The summed E-state index contributed by atoms with van der Waals surface area (Å²) < 4.78 is 10.8. The van der Waals surface area contributed by atoms with Crippen molar-refractivity contribution >= 4 is 12.4 Å². The van der Waals surface area contributed by atoms with Crippen LogP contribution in [0.4, 0.5) is 0 Å². The van der Waals surface area contributed by atoms with E-state index in [-0.39, 0.29) is 18.0 Å². The van der Waals surface area contributed by atoms with Crippen molar-refractivity contribution in [2.45, 2.75) is 44.8 Å². The Kier molecular flexibility index (Phi) is 4.58. The lowest BCUT2D eigenvalue weighted by Crippen LogP contribution is -2.47. The van der Waals surface area contributed by atoms with E-state index in [1.54, 1.807) is 6.92 Å². The maximum Gasteiger partial charge on any atom is 0.328 e. The van der Waals surface area contributed by atoms with Crippen molar-refractivity contribution in [1.82, 2.24) is 5.32 Å². The first-order chi connectivity index (χ1) is 8.76. The van der Waals surface area contributed by atoms with Crippen LogP contribution in [0.3, 0.4) is 0 Å². The largest absolute Gasteiger partial charge is 0.464 e. The van der Waals surface area contributed by atoms with Gasteiger partial charge in [-0.05, 0) is 44.4 Å². The maximum absolute atomic E-state index is 11.8. The maximum atomic E-state index is 11.8. The summed E-state index contributed by atoms with van der Waals surface area (Å²) in [4.78, 5) is 22.5. The summed E-state index contributed by atoms with van der Waals surface area (Å²) in [6.45, 7) is 2.78. The fraction of sp³-hybridized carbons (Fsp3) is 0.846. The summed E-state index contributed by atoms with van der Waals surface area (Å²) in [5.74, 6) is 0.464. The standard InChI is InChI=1S/C13H21NO4/c1-2-17-13(16)12(14-8-15)10-5-6-18-11(7-10)9-3-4-9/h8-12H,2-7H2,1H3,(H,14,15)/t10-,11+,12-/m1/s1. The van der Waals surface area contributed by atoms with E-state index in [9.17, 15) is 9.59 Å². The molecule has 0 aromatic carbocycles. The van der Waals surface area contributed by atoms with Gasteiger partial charge in [-0.25, -0.2) is 4.79 Å². The van der Waals surface area contributed by atoms with Gasteiger partial charge in [0.2, 0.25) is 6.41 Å². The first kappa shape index (κ1) is 13.3. The number of carbonyl (C=O) groups is 2. The molecule has 2 rings (SSSR count). The Balaban J connectivity index is 1.95. The van der Waals surface area contributed by atoms with E-state index in [2.05, 4.69) is 5.32 Å². The molecule has 1 saturated heterocycles. The molecule has 0 unspecified atom stereocenters. The molecule has 1 N–H and O–H groups in total. The molecule has 1 aliphatic heterocycles. The Bertz CT molecular complexity index is 303. The van der Waals surface area contributed by atoms with Crippen molar-refractivity contribution in [3.8, 4) is 0 Å². The third-order valence-electron chi connectivity index (χ3n) is 3.76. The lowest BCUT2D eigenvalue weighted by Gasteiger charge is -2.33. The minimum atomic E-state index is -0.521. The predicted molar refractivity (Wildman–Crippen MR) is 64.8 cm³/mol. The molecule has 18 heavy (non-hydrogen) atoms. The molecular weight excluding hydrogens is 234 g/mol. The Morgan fingerprint density at radius 1 is 1.50 bits per heavy atom. The summed E-state index contributed by atoms with van der Waals surface area (Å²) in [5.41, 5.74) is 0. The molecule has 1 amide bonds. The van der Waals surface area contributed by atoms with Crippen molar-refractivity contribution in [3.63, 3.8) is 0 Å². The third kappa shape index (κ3) is 3.22. The van der Waals surface area contributed by atoms with E-state index in [0.29, 0.717) is 25.5 Å². The molecule has 2 fully saturated rings. The van der Waals surface area contributed by atoms with Crippen molar-refractivity contribution in [3.05, 3.63) is 0 Å². The highest BCUT2D eigenvalue weighted by atomic mass is 16.5.